The maximum Gasteiger partial charge on any atom is 0.322 e. The van der Waals surface area contributed by atoms with E-state index in [0.717, 1.165) is 0 Å². The minimum absolute atomic E-state index is 0.0457. The highest BCUT2D eigenvalue weighted by molar-refractivity contribution is 7.89. The molecule has 0 radical (unpaired) electrons. The summed E-state index contributed by atoms with van der Waals surface area (Å²) < 4.78 is 33.5. The second kappa shape index (κ2) is 7.83. The number of ether oxygens (including phenoxy) is 1. The van der Waals surface area contributed by atoms with Gasteiger partial charge in [0.05, 0.1) is 12.0 Å². The molecule has 1 aliphatic heterocycles. The molecular formula is C17H26N4O5S. The predicted molar refractivity (Wildman–Crippen MR) is 99.6 cm³/mol. The Hall–Kier alpha value is -2.17. The van der Waals surface area contributed by atoms with E-state index < -0.39 is 33.5 Å². The first-order valence-electron chi connectivity index (χ1n) is 8.58. The van der Waals surface area contributed by atoms with Crippen molar-refractivity contribution in [3.63, 3.8) is 0 Å². The number of carbonyl (C=O) groups excluding carboxylic acids is 2. The summed E-state index contributed by atoms with van der Waals surface area (Å²) in [6, 6.07) is 3.09. The maximum absolute atomic E-state index is 12.8. The molecule has 150 valence electrons. The first-order valence-corrected chi connectivity index (χ1v) is 10.1. The van der Waals surface area contributed by atoms with E-state index in [1.807, 2.05) is 13.8 Å². The summed E-state index contributed by atoms with van der Waals surface area (Å²) in [5, 5.41) is 4.67. The zero-order valence-electron chi connectivity index (χ0n) is 15.8. The van der Waals surface area contributed by atoms with Crippen LogP contribution in [-0.4, -0.2) is 40.1 Å². The van der Waals surface area contributed by atoms with Crippen LogP contribution >= 0.6 is 0 Å². The Morgan fingerprint density at radius 2 is 1.96 bits per heavy atom. The van der Waals surface area contributed by atoms with E-state index in [0.29, 0.717) is 6.42 Å². The number of nitrogens with one attached hydrogen (secondary N) is 3. The molecule has 0 aliphatic carbocycles. The standard InChI is InChI=1S/C17H26N4O5S/c1-10(2)7-11(9-18)21-27(24,25)12-5-6-14(26-4)13(8-12)17(3)15(22)19-16(23)20-17/h5-6,8,10-11,21H,7,9,18H2,1-4H3,(H2,19,20,22,23). The molecule has 5 N–H and O–H groups in total. The number of amides is 3. The van der Waals surface area contributed by atoms with Gasteiger partial charge in [0.15, 0.2) is 0 Å². The molecule has 0 bridgehead atoms. The number of hydrogen-bond donors (Lipinski definition) is 4. The number of sulfonamides is 1. The van der Waals surface area contributed by atoms with E-state index in [-0.39, 0.29) is 28.7 Å². The molecule has 2 rings (SSSR count). The lowest BCUT2D eigenvalue weighted by Crippen LogP contribution is -2.42. The fourth-order valence-corrected chi connectivity index (χ4v) is 4.31. The van der Waals surface area contributed by atoms with Crippen molar-refractivity contribution in [1.82, 2.24) is 15.4 Å². The predicted octanol–water partition coefficient (Wildman–Crippen LogP) is 0.402. The van der Waals surface area contributed by atoms with Crippen molar-refractivity contribution in [2.75, 3.05) is 13.7 Å². The van der Waals surface area contributed by atoms with Gasteiger partial charge in [0.1, 0.15) is 11.3 Å². The molecule has 0 aromatic heterocycles. The number of benzene rings is 1. The summed E-state index contributed by atoms with van der Waals surface area (Å²) in [7, 11) is -2.48. The van der Waals surface area contributed by atoms with Gasteiger partial charge < -0.3 is 15.8 Å². The summed E-state index contributed by atoms with van der Waals surface area (Å²) in [4.78, 5) is 23.8. The second-order valence-corrected chi connectivity index (χ2v) is 8.79. The van der Waals surface area contributed by atoms with E-state index in [1.165, 1.54) is 32.2 Å². The number of carbonyl (C=O) groups is 2. The Labute approximate surface area is 159 Å². The van der Waals surface area contributed by atoms with Gasteiger partial charge >= 0.3 is 6.03 Å². The molecule has 1 fully saturated rings. The highest BCUT2D eigenvalue weighted by atomic mass is 32.2. The molecule has 9 nitrogen and oxygen atoms in total. The average molecular weight is 398 g/mol. The average Bonchev–Trinajstić information content (AvgIpc) is 2.85. The van der Waals surface area contributed by atoms with Crippen molar-refractivity contribution in [3.05, 3.63) is 23.8 Å². The molecule has 1 aromatic carbocycles. The number of nitrogens with two attached hydrogens (primary N) is 1. The lowest BCUT2D eigenvalue weighted by molar-refractivity contribution is -0.123. The van der Waals surface area contributed by atoms with Crippen molar-refractivity contribution < 1.29 is 22.7 Å². The van der Waals surface area contributed by atoms with Crippen LogP contribution in [0.5, 0.6) is 5.75 Å². The molecule has 0 saturated carbocycles. The Kier molecular flexibility index (Phi) is 6.13. The van der Waals surface area contributed by atoms with Crippen LogP contribution in [0.3, 0.4) is 0 Å². The topological polar surface area (TPSA) is 140 Å². The minimum atomic E-state index is -3.88. The summed E-state index contributed by atoms with van der Waals surface area (Å²) >= 11 is 0. The number of hydrogen-bond acceptors (Lipinski definition) is 6. The van der Waals surface area contributed by atoms with E-state index >= 15 is 0 Å². The molecule has 3 amide bonds. The number of urea groups is 1. The highest BCUT2D eigenvalue weighted by Gasteiger charge is 2.45. The fraction of sp³-hybridized carbons (Fsp3) is 0.529. The quantitative estimate of drug-likeness (QED) is 0.468. The van der Waals surface area contributed by atoms with Gasteiger partial charge in [0, 0.05) is 18.2 Å². The smallest absolute Gasteiger partial charge is 0.322 e. The molecule has 2 atom stereocenters. The number of imide groups is 1. The van der Waals surface area contributed by atoms with Crippen molar-refractivity contribution >= 4 is 22.0 Å². The molecule has 0 spiro atoms. The van der Waals surface area contributed by atoms with Crippen molar-refractivity contribution in [1.29, 1.82) is 0 Å². The van der Waals surface area contributed by atoms with Gasteiger partial charge in [-0.25, -0.2) is 17.9 Å². The van der Waals surface area contributed by atoms with Crippen molar-refractivity contribution in [3.8, 4) is 5.75 Å². The van der Waals surface area contributed by atoms with E-state index in [2.05, 4.69) is 15.4 Å². The largest absolute Gasteiger partial charge is 0.496 e. The molecule has 1 heterocycles. The Morgan fingerprint density at radius 1 is 1.30 bits per heavy atom. The third kappa shape index (κ3) is 4.40. The number of rotatable bonds is 8. The Bertz CT molecular complexity index is 840. The first-order chi connectivity index (χ1) is 12.5. The SMILES string of the molecule is COc1ccc(S(=O)(=O)NC(CN)CC(C)C)cc1C1(C)NC(=O)NC1=O. The molecule has 1 aliphatic rings. The van der Waals surface area contributed by atoms with Gasteiger partial charge in [-0.05, 0) is 37.5 Å². The second-order valence-electron chi connectivity index (χ2n) is 7.08. The summed E-state index contributed by atoms with van der Waals surface area (Å²) in [5.74, 6) is -0.0386. The van der Waals surface area contributed by atoms with Crippen LogP contribution in [0.4, 0.5) is 4.79 Å². The van der Waals surface area contributed by atoms with Crippen LogP contribution < -0.4 is 25.8 Å². The first kappa shape index (κ1) is 21.1. The van der Waals surface area contributed by atoms with E-state index in [1.54, 1.807) is 0 Å². The Balaban J connectivity index is 2.45. The van der Waals surface area contributed by atoms with Gasteiger partial charge in [-0.1, -0.05) is 13.8 Å². The third-order valence-corrected chi connectivity index (χ3v) is 5.95. The van der Waals surface area contributed by atoms with Gasteiger partial charge in [-0.2, -0.15) is 0 Å². The summed E-state index contributed by atoms with van der Waals surface area (Å²) in [6.45, 7) is 5.60. The van der Waals surface area contributed by atoms with Crippen LogP contribution in [0.25, 0.3) is 0 Å². The third-order valence-electron chi connectivity index (χ3n) is 4.43. The fourth-order valence-electron chi connectivity index (χ4n) is 3.03. The monoisotopic (exact) mass is 398 g/mol. The van der Waals surface area contributed by atoms with Crippen LogP contribution in [-0.2, 0) is 20.4 Å². The molecular weight excluding hydrogens is 372 g/mol. The van der Waals surface area contributed by atoms with Gasteiger partial charge in [-0.15, -0.1) is 0 Å². The highest BCUT2D eigenvalue weighted by Crippen LogP contribution is 2.34. The van der Waals surface area contributed by atoms with Crippen molar-refractivity contribution in [2.24, 2.45) is 11.7 Å². The molecule has 27 heavy (non-hydrogen) atoms. The summed E-state index contributed by atoms with van der Waals surface area (Å²) in [5.41, 5.74) is 4.48. The van der Waals surface area contributed by atoms with Crippen molar-refractivity contribution in [2.45, 2.75) is 43.7 Å². The lowest BCUT2D eigenvalue weighted by atomic mass is 9.91. The Morgan fingerprint density at radius 3 is 2.44 bits per heavy atom. The molecule has 1 saturated heterocycles. The normalized spacial score (nSPS) is 21.1. The molecule has 2 unspecified atom stereocenters. The van der Waals surface area contributed by atoms with Crippen LogP contribution in [0.1, 0.15) is 32.8 Å². The van der Waals surface area contributed by atoms with Crippen LogP contribution in [0, 0.1) is 5.92 Å². The van der Waals surface area contributed by atoms with E-state index in [9.17, 15) is 18.0 Å². The molecule has 1 aromatic rings. The zero-order chi connectivity index (χ0) is 20.4. The zero-order valence-corrected chi connectivity index (χ0v) is 16.6. The van der Waals surface area contributed by atoms with Gasteiger partial charge in [0.2, 0.25) is 10.0 Å². The maximum atomic E-state index is 12.8. The summed E-state index contributed by atoms with van der Waals surface area (Å²) in [6.07, 6.45) is 0.592. The molecule has 10 heteroatoms. The lowest BCUT2D eigenvalue weighted by Gasteiger charge is -2.25. The number of methoxy groups -OCH3 is 1. The van der Waals surface area contributed by atoms with E-state index in [4.69, 9.17) is 10.5 Å². The van der Waals surface area contributed by atoms with Crippen LogP contribution in [0.2, 0.25) is 0 Å². The van der Waals surface area contributed by atoms with Gasteiger partial charge in [0.25, 0.3) is 5.91 Å². The van der Waals surface area contributed by atoms with Gasteiger partial charge in [-0.3, -0.25) is 10.1 Å². The van der Waals surface area contributed by atoms with Crippen LogP contribution in [0.15, 0.2) is 23.1 Å². The minimum Gasteiger partial charge on any atom is -0.496 e.